The summed E-state index contributed by atoms with van der Waals surface area (Å²) in [6, 6.07) is 15.0. The van der Waals surface area contributed by atoms with Crippen molar-refractivity contribution in [2.45, 2.75) is 53.0 Å². The number of hydrogen-bond acceptors (Lipinski definition) is 4. The number of carbonyl (C=O) groups is 1. The van der Waals surface area contributed by atoms with E-state index in [2.05, 4.69) is 69.9 Å². The molecule has 1 N–H and O–H groups in total. The van der Waals surface area contributed by atoms with Gasteiger partial charge in [-0.15, -0.1) is 0 Å². The second kappa shape index (κ2) is 10.9. The molecule has 1 saturated heterocycles. The number of piperidine rings is 1. The summed E-state index contributed by atoms with van der Waals surface area (Å²) >= 11 is 0. The predicted octanol–water partition coefficient (Wildman–Crippen LogP) is 4.90. The van der Waals surface area contributed by atoms with Gasteiger partial charge in [-0.25, -0.2) is 4.98 Å². The molecule has 6 nitrogen and oxygen atoms in total. The minimum absolute atomic E-state index is 0.00496. The molecule has 1 amide bonds. The molecule has 2 aromatic heterocycles. The third-order valence-corrected chi connectivity index (χ3v) is 7.92. The molecule has 3 aromatic rings. The van der Waals surface area contributed by atoms with Crippen molar-refractivity contribution in [3.8, 4) is 5.69 Å². The van der Waals surface area contributed by atoms with Crippen LogP contribution in [0.15, 0.2) is 48.7 Å². The fourth-order valence-corrected chi connectivity index (χ4v) is 5.67. The van der Waals surface area contributed by atoms with Crippen LogP contribution in [0.1, 0.15) is 59.1 Å². The minimum Gasteiger partial charge on any atom is -0.357 e. The van der Waals surface area contributed by atoms with E-state index in [1.165, 1.54) is 24.0 Å². The highest BCUT2D eigenvalue weighted by atomic mass is 16.1. The van der Waals surface area contributed by atoms with Crippen LogP contribution in [0, 0.1) is 19.8 Å². The van der Waals surface area contributed by atoms with Crippen LogP contribution in [0.5, 0.6) is 0 Å². The first-order valence-corrected chi connectivity index (χ1v) is 13.5. The van der Waals surface area contributed by atoms with Crippen molar-refractivity contribution in [3.05, 3.63) is 76.7 Å². The van der Waals surface area contributed by atoms with E-state index in [1.807, 2.05) is 19.2 Å². The number of hydrogen-bond donors (Lipinski definition) is 1. The first-order chi connectivity index (χ1) is 17.5. The van der Waals surface area contributed by atoms with Gasteiger partial charge in [-0.3, -0.25) is 9.69 Å². The zero-order valence-corrected chi connectivity index (χ0v) is 22.0. The monoisotopic (exact) mass is 485 g/mol. The largest absolute Gasteiger partial charge is 0.357 e. The third-order valence-electron chi connectivity index (χ3n) is 7.92. The lowest BCUT2D eigenvalue weighted by Crippen LogP contribution is -2.33. The van der Waals surface area contributed by atoms with E-state index in [-0.39, 0.29) is 5.91 Å². The summed E-state index contributed by atoms with van der Waals surface area (Å²) in [7, 11) is 0. The Morgan fingerprint density at radius 2 is 1.83 bits per heavy atom. The van der Waals surface area contributed by atoms with Gasteiger partial charge in [-0.05, 0) is 74.8 Å². The van der Waals surface area contributed by atoms with E-state index in [0.717, 1.165) is 79.9 Å². The normalized spacial score (nSPS) is 16.7. The number of aryl methyl sites for hydroxylation is 1. The number of amides is 1. The molecule has 1 fully saturated rings. The first kappa shape index (κ1) is 24.6. The lowest BCUT2D eigenvalue weighted by molar-refractivity contribution is 0.0950. The Morgan fingerprint density at radius 3 is 2.58 bits per heavy atom. The molecule has 0 unspecified atom stereocenters. The number of aromatic nitrogens is 2. The van der Waals surface area contributed by atoms with Crippen molar-refractivity contribution in [1.82, 2.24) is 19.8 Å². The van der Waals surface area contributed by atoms with E-state index < -0.39 is 0 Å². The Labute approximate surface area is 215 Å². The van der Waals surface area contributed by atoms with Gasteiger partial charge >= 0.3 is 0 Å². The van der Waals surface area contributed by atoms with Crippen LogP contribution in [0.4, 0.5) is 5.82 Å². The summed E-state index contributed by atoms with van der Waals surface area (Å²) in [5.74, 6) is 1.85. The van der Waals surface area contributed by atoms with Crippen LogP contribution >= 0.6 is 0 Å². The van der Waals surface area contributed by atoms with Gasteiger partial charge in [-0.2, -0.15) is 0 Å². The number of anilines is 1. The Kier molecular flexibility index (Phi) is 7.42. The Bertz CT molecular complexity index is 1190. The van der Waals surface area contributed by atoms with Gasteiger partial charge in [0, 0.05) is 50.7 Å². The van der Waals surface area contributed by atoms with Crippen molar-refractivity contribution in [2.75, 3.05) is 37.6 Å². The van der Waals surface area contributed by atoms with Gasteiger partial charge in [0.15, 0.2) is 0 Å². The van der Waals surface area contributed by atoms with E-state index in [0.29, 0.717) is 6.54 Å². The summed E-state index contributed by atoms with van der Waals surface area (Å²) < 4.78 is 2.13. The zero-order valence-electron chi connectivity index (χ0n) is 22.0. The molecule has 4 heterocycles. The minimum atomic E-state index is 0.00496. The number of fused-ring (bicyclic) bond motifs is 1. The van der Waals surface area contributed by atoms with Gasteiger partial charge in [-0.1, -0.05) is 31.2 Å². The standard InChI is InChI=1S/C30H39N5O/c1-22-11-17-34(18-12-22)29-10-9-27(20-32-29)35-23(2)19-28(24(35)3)30(36)31-14-6-15-33-16-13-25-7-4-5-8-26(25)21-33/h4-5,7-10,19-20,22H,6,11-18,21H2,1-3H3,(H,31,36). The Hall–Kier alpha value is -3.12. The molecule has 2 aliphatic heterocycles. The van der Waals surface area contributed by atoms with Gasteiger partial charge in [0.1, 0.15) is 5.82 Å². The fraction of sp³-hybridized carbons (Fsp3) is 0.467. The zero-order chi connectivity index (χ0) is 25.1. The highest BCUT2D eigenvalue weighted by Gasteiger charge is 2.20. The van der Waals surface area contributed by atoms with E-state index in [9.17, 15) is 4.79 Å². The summed E-state index contributed by atoms with van der Waals surface area (Å²) in [6.45, 7) is 12.3. The summed E-state index contributed by atoms with van der Waals surface area (Å²) in [4.78, 5) is 22.6. The van der Waals surface area contributed by atoms with Crippen LogP contribution in [-0.2, 0) is 13.0 Å². The number of nitrogens with one attached hydrogen (secondary N) is 1. The Morgan fingerprint density at radius 1 is 1.06 bits per heavy atom. The van der Waals surface area contributed by atoms with Crippen LogP contribution in [0.25, 0.3) is 5.69 Å². The SMILES string of the molecule is Cc1cc(C(=O)NCCCN2CCc3ccccc3C2)c(C)n1-c1ccc(N2CCC(C)CC2)nc1. The second-order valence-electron chi connectivity index (χ2n) is 10.6. The maximum Gasteiger partial charge on any atom is 0.253 e. The number of carbonyl (C=O) groups excluding carboxylic acids is 1. The van der Waals surface area contributed by atoms with E-state index in [4.69, 9.17) is 4.98 Å². The molecular formula is C30H39N5O. The van der Waals surface area contributed by atoms with Crippen molar-refractivity contribution in [2.24, 2.45) is 5.92 Å². The van der Waals surface area contributed by atoms with Crippen LogP contribution in [-0.4, -0.2) is 53.1 Å². The van der Waals surface area contributed by atoms with Crippen LogP contribution in [0.2, 0.25) is 0 Å². The smallest absolute Gasteiger partial charge is 0.253 e. The van der Waals surface area contributed by atoms with Crippen molar-refractivity contribution >= 4 is 11.7 Å². The molecule has 0 atom stereocenters. The lowest BCUT2D eigenvalue weighted by Gasteiger charge is -2.31. The van der Waals surface area contributed by atoms with Crippen molar-refractivity contribution < 1.29 is 4.79 Å². The average Bonchev–Trinajstić information content (AvgIpc) is 3.20. The van der Waals surface area contributed by atoms with Gasteiger partial charge < -0.3 is 14.8 Å². The van der Waals surface area contributed by atoms with Gasteiger partial charge in [0.05, 0.1) is 17.4 Å². The topological polar surface area (TPSA) is 53.4 Å². The number of nitrogens with zero attached hydrogens (tertiary/aromatic N) is 4. The maximum atomic E-state index is 13.0. The van der Waals surface area contributed by atoms with Crippen LogP contribution < -0.4 is 10.2 Å². The molecule has 0 bridgehead atoms. The first-order valence-electron chi connectivity index (χ1n) is 13.5. The molecule has 0 radical (unpaired) electrons. The molecule has 6 heteroatoms. The maximum absolute atomic E-state index is 13.0. The molecule has 2 aliphatic rings. The lowest BCUT2D eigenvalue weighted by atomic mass is 9.99. The number of benzene rings is 1. The van der Waals surface area contributed by atoms with E-state index in [1.54, 1.807) is 0 Å². The highest BCUT2D eigenvalue weighted by Crippen LogP contribution is 2.25. The molecule has 0 spiro atoms. The van der Waals surface area contributed by atoms with Crippen molar-refractivity contribution in [3.63, 3.8) is 0 Å². The molecule has 0 aliphatic carbocycles. The van der Waals surface area contributed by atoms with Gasteiger partial charge in [0.2, 0.25) is 0 Å². The highest BCUT2D eigenvalue weighted by molar-refractivity contribution is 5.95. The molecule has 5 rings (SSSR count). The number of rotatable bonds is 7. The van der Waals surface area contributed by atoms with E-state index >= 15 is 0 Å². The quantitative estimate of drug-likeness (QED) is 0.484. The van der Waals surface area contributed by atoms with Gasteiger partial charge in [0.25, 0.3) is 5.91 Å². The fourth-order valence-electron chi connectivity index (χ4n) is 5.67. The molecule has 190 valence electrons. The predicted molar refractivity (Wildman–Crippen MR) is 146 cm³/mol. The Balaban J connectivity index is 1.16. The molecule has 36 heavy (non-hydrogen) atoms. The molecule has 1 aromatic carbocycles. The summed E-state index contributed by atoms with van der Waals surface area (Å²) in [5, 5.41) is 3.14. The average molecular weight is 486 g/mol. The third kappa shape index (κ3) is 5.34. The summed E-state index contributed by atoms with van der Waals surface area (Å²) in [5.41, 5.74) is 6.67. The molecular weight excluding hydrogens is 446 g/mol. The van der Waals surface area contributed by atoms with Crippen LogP contribution in [0.3, 0.4) is 0 Å². The summed E-state index contributed by atoms with van der Waals surface area (Å²) in [6.07, 6.45) is 6.45. The second-order valence-corrected chi connectivity index (χ2v) is 10.6. The number of pyridine rings is 1. The molecule has 0 saturated carbocycles. The van der Waals surface area contributed by atoms with Crippen molar-refractivity contribution in [1.29, 1.82) is 0 Å².